The molecule has 1 aliphatic carbocycles. The molecule has 11 nitrogen and oxygen atoms in total. The lowest BCUT2D eigenvalue weighted by atomic mass is 9.92. The second-order valence-electron chi connectivity index (χ2n) is 17.6. The second-order valence-corrected chi connectivity index (χ2v) is 21.4. The van der Waals surface area contributed by atoms with Crippen molar-refractivity contribution in [3.8, 4) is 22.9 Å². The van der Waals surface area contributed by atoms with E-state index in [1.165, 1.54) is 23.3 Å². The normalized spacial score (nSPS) is 24.4. The molecule has 0 bridgehead atoms. The number of carbonyl (C=O) groups excluding carboxylic acids is 3. The average molecular weight is 953 g/mol. The van der Waals surface area contributed by atoms with E-state index in [4.69, 9.17) is 26.1 Å². The van der Waals surface area contributed by atoms with Crippen molar-refractivity contribution in [3.05, 3.63) is 64.0 Å². The lowest BCUT2D eigenvalue weighted by Crippen LogP contribution is -2.45. The van der Waals surface area contributed by atoms with Crippen molar-refractivity contribution < 1.29 is 55.3 Å². The van der Waals surface area contributed by atoms with Crippen LogP contribution in [0.25, 0.3) is 22.3 Å². The number of anilines is 1. The summed E-state index contributed by atoms with van der Waals surface area (Å²) in [7, 11) is -3.08. The molecule has 4 aromatic rings. The summed E-state index contributed by atoms with van der Waals surface area (Å²) in [5, 5.41) is 4.83. The van der Waals surface area contributed by atoms with Gasteiger partial charge in [-0.3, -0.25) is 18.9 Å². The Morgan fingerprint density at radius 2 is 1.75 bits per heavy atom. The van der Waals surface area contributed by atoms with Crippen molar-refractivity contribution in [2.45, 2.75) is 127 Å². The van der Waals surface area contributed by atoms with Crippen molar-refractivity contribution in [1.82, 2.24) is 14.9 Å². The Kier molecular flexibility index (Phi) is 14.4. The number of ketones is 2. The zero-order valence-corrected chi connectivity index (χ0v) is 38.2. The van der Waals surface area contributed by atoms with Crippen molar-refractivity contribution in [2.24, 2.45) is 11.8 Å². The molecular formula is C45H51ClF5N4O7PS. The van der Waals surface area contributed by atoms with E-state index in [0.29, 0.717) is 71.7 Å². The molecule has 3 fully saturated rings. The minimum absolute atomic E-state index is 0.101. The first-order valence-electron chi connectivity index (χ1n) is 21.5. The van der Waals surface area contributed by atoms with Gasteiger partial charge < -0.3 is 24.6 Å². The van der Waals surface area contributed by atoms with Crippen LogP contribution in [0.1, 0.15) is 96.5 Å². The molecule has 19 heteroatoms. The molecule has 2 unspecified atom stereocenters. The zero-order valence-electron chi connectivity index (χ0n) is 35.7. The zero-order chi connectivity index (χ0) is 46.1. The van der Waals surface area contributed by atoms with Crippen molar-refractivity contribution in [3.63, 3.8) is 0 Å². The van der Waals surface area contributed by atoms with Gasteiger partial charge in [0.05, 0.1) is 42.2 Å². The number of amides is 1. The number of aromatic nitrogens is 2. The van der Waals surface area contributed by atoms with Gasteiger partial charge in [0, 0.05) is 53.6 Å². The molecule has 6 atom stereocenters. The third-order valence-electron chi connectivity index (χ3n) is 12.6. The number of carbonyl (C=O) groups is 3. The van der Waals surface area contributed by atoms with Gasteiger partial charge in [0.1, 0.15) is 52.2 Å². The molecule has 2 N–H and O–H groups in total. The molecule has 2 aromatic heterocycles. The number of thiazole rings is 1. The maximum atomic E-state index is 14.9. The predicted molar refractivity (Wildman–Crippen MR) is 234 cm³/mol. The quantitative estimate of drug-likeness (QED) is 0.104. The van der Waals surface area contributed by atoms with E-state index in [0.717, 1.165) is 18.2 Å². The molecule has 0 radical (unpaired) electrons. The summed E-state index contributed by atoms with van der Waals surface area (Å²) in [4.78, 5) is 64.9. The van der Waals surface area contributed by atoms with Gasteiger partial charge in [-0.2, -0.15) is 13.2 Å². The van der Waals surface area contributed by atoms with Crippen LogP contribution in [0.15, 0.2) is 41.8 Å². The first-order chi connectivity index (χ1) is 30.3. The topological polar surface area (TPSA) is 148 Å². The van der Waals surface area contributed by atoms with E-state index < -0.39 is 103 Å². The van der Waals surface area contributed by atoms with Gasteiger partial charge in [0.2, 0.25) is 13.3 Å². The van der Waals surface area contributed by atoms with Crippen LogP contribution in [0.5, 0.6) is 11.5 Å². The summed E-state index contributed by atoms with van der Waals surface area (Å²) >= 11 is 8.18. The number of nitrogens with one attached hydrogen (secondary N) is 1. The minimum atomic E-state index is -4.78. The van der Waals surface area contributed by atoms with Crippen LogP contribution in [0.3, 0.4) is 0 Å². The Balaban J connectivity index is 1.26. The van der Waals surface area contributed by atoms with E-state index in [2.05, 4.69) is 10.3 Å². The van der Waals surface area contributed by atoms with Crippen LogP contribution >= 0.6 is 30.3 Å². The fraction of sp³-hybridized carbons (Fsp3) is 0.533. The van der Waals surface area contributed by atoms with Crippen LogP contribution < -0.4 is 14.8 Å². The van der Waals surface area contributed by atoms with Gasteiger partial charge in [-0.25, -0.2) is 18.7 Å². The van der Waals surface area contributed by atoms with Crippen molar-refractivity contribution in [2.75, 3.05) is 19.0 Å². The lowest BCUT2D eigenvalue weighted by molar-refractivity contribution is -0.155. The Bertz CT molecular complexity index is 2440. The number of hydrogen-bond donors (Lipinski definition) is 2. The largest absolute Gasteiger partial charge is 0.495 e. The summed E-state index contributed by atoms with van der Waals surface area (Å²) in [6, 6.07) is 6.96. The number of fused-ring (bicyclic) bond motifs is 3. The van der Waals surface area contributed by atoms with E-state index in [1.807, 2.05) is 19.2 Å². The maximum absolute atomic E-state index is 14.9. The predicted octanol–water partition coefficient (Wildman–Crippen LogP) is 10.9. The summed E-state index contributed by atoms with van der Waals surface area (Å²) in [6.45, 7) is 3.73. The Morgan fingerprint density at radius 1 is 1.05 bits per heavy atom. The summed E-state index contributed by atoms with van der Waals surface area (Å²) < 4.78 is 96.7. The highest BCUT2D eigenvalue weighted by Crippen LogP contribution is 2.75. The third kappa shape index (κ3) is 10.6. The summed E-state index contributed by atoms with van der Waals surface area (Å²) in [5.41, 5.74) is 0.652. The van der Waals surface area contributed by atoms with Crippen molar-refractivity contribution in [1.29, 1.82) is 0 Å². The molecule has 346 valence electrons. The molecule has 2 aliphatic heterocycles. The molecular weight excluding hydrogens is 902 g/mol. The number of pyridine rings is 1. The Morgan fingerprint density at radius 3 is 2.44 bits per heavy atom. The fourth-order valence-corrected chi connectivity index (χ4v) is 13.1. The highest BCUT2D eigenvalue weighted by atomic mass is 35.5. The van der Waals surface area contributed by atoms with Crippen molar-refractivity contribution >= 4 is 63.8 Å². The number of benzene rings is 2. The molecule has 7 rings (SSSR count). The molecule has 1 saturated carbocycles. The summed E-state index contributed by atoms with van der Waals surface area (Å²) in [5.74, 6) is -5.41. The lowest BCUT2D eigenvalue weighted by Gasteiger charge is -2.30. The van der Waals surface area contributed by atoms with Crippen LogP contribution in [0, 0.1) is 23.5 Å². The van der Waals surface area contributed by atoms with E-state index in [-0.39, 0.29) is 42.6 Å². The number of methoxy groups -OCH3 is 1. The smallest absolute Gasteiger partial charge is 0.395 e. The summed E-state index contributed by atoms with van der Waals surface area (Å²) in [6.07, 6.45) is -5.68. The molecule has 2 aromatic carbocycles. The Labute approximate surface area is 376 Å². The first-order valence-corrected chi connectivity index (χ1v) is 24.6. The number of rotatable bonds is 12. The number of ether oxygens (including phenoxy) is 2. The molecule has 64 heavy (non-hydrogen) atoms. The van der Waals surface area contributed by atoms with Gasteiger partial charge in [-0.15, -0.1) is 11.3 Å². The number of hydrogen-bond acceptors (Lipinski definition) is 10. The highest BCUT2D eigenvalue weighted by molar-refractivity contribution is 7.59. The van der Waals surface area contributed by atoms with Gasteiger partial charge >= 0.3 is 6.18 Å². The number of Topliss-reactive ketones (excluding diaryl/α,β-unsaturated/α-hetero) is 2. The SMILES string of the molecule is COc1ccc2c(O[C@@H]3C[C@H]4C(=O)C[C@]5(P(=O)(O)Cc6c(F)cccc6F)C[C@@H]5CCCCCCCC(CC(=O)CC(F)(F)F)C(=O)N4C3)cc(-c3csc(NC(C)C)n3)nc2c1Cl. The number of nitrogens with zero attached hydrogens (tertiary/aromatic N) is 3. The van der Waals surface area contributed by atoms with Crippen LogP contribution in [-0.2, 0) is 25.1 Å². The molecule has 0 spiro atoms. The standard InChI is InChI=1S/C45H51ClF5N4O7PS/c1-25(2)52-43-54-35(24-64-43)34-18-39(30-14-15-38(61-3)40(46)41(30)53-34)62-29-17-36-37(57)21-44(63(59,60)23-31-32(47)12-9-13-33(31)48)19-27(44)11-8-6-4-5-7-10-26(42(58)55(36)22-29)16-28(56)20-45(49,50)51/h9,12-15,18,24-27,29,36H,4-8,10-11,16-17,19-23H2,1-3H3,(H,52,54)(H,59,60)/t26?,27-,29+,36-,44+/m0/s1. The molecule has 2 saturated heterocycles. The third-order valence-corrected chi connectivity index (χ3v) is 16.6. The van der Waals surface area contributed by atoms with Crippen LogP contribution in [0.4, 0.5) is 27.1 Å². The van der Waals surface area contributed by atoms with Gasteiger partial charge in [0.15, 0.2) is 10.9 Å². The monoisotopic (exact) mass is 952 g/mol. The first kappa shape index (κ1) is 47.8. The van der Waals surface area contributed by atoms with E-state index in [9.17, 15) is 45.8 Å². The molecule has 1 amide bonds. The number of alkyl halides is 3. The van der Waals surface area contributed by atoms with Crippen LogP contribution in [0.2, 0.25) is 5.02 Å². The van der Waals surface area contributed by atoms with Gasteiger partial charge in [-0.05, 0) is 63.3 Å². The molecule has 3 aliphatic rings. The highest BCUT2D eigenvalue weighted by Gasteiger charge is 2.66. The van der Waals surface area contributed by atoms with E-state index >= 15 is 0 Å². The fourth-order valence-electron chi connectivity index (χ4n) is 9.32. The second kappa shape index (κ2) is 19.3. The van der Waals surface area contributed by atoms with Crippen LogP contribution in [-0.4, -0.2) is 80.4 Å². The Hall–Kier alpha value is -4.18. The van der Waals surface area contributed by atoms with Gasteiger partial charge in [-0.1, -0.05) is 49.8 Å². The maximum Gasteiger partial charge on any atom is 0.395 e. The molecule has 4 heterocycles. The number of halogens is 6. The average Bonchev–Trinajstić information content (AvgIpc) is 3.49. The minimum Gasteiger partial charge on any atom is -0.495 e. The van der Waals surface area contributed by atoms with E-state index in [1.54, 1.807) is 18.2 Å². The van der Waals surface area contributed by atoms with Gasteiger partial charge in [0.25, 0.3) is 0 Å².